The summed E-state index contributed by atoms with van der Waals surface area (Å²) >= 11 is 0. The molecule has 4 nitrogen and oxygen atoms in total. The highest BCUT2D eigenvalue weighted by Crippen LogP contribution is 2.39. The summed E-state index contributed by atoms with van der Waals surface area (Å²) in [6.07, 6.45) is -0.112. The number of ketones is 1. The molecule has 0 radical (unpaired) electrons. The molecule has 102 valence electrons. The topological polar surface area (TPSA) is 55.8 Å². The summed E-state index contributed by atoms with van der Waals surface area (Å²) < 4.78 is 10.9. The van der Waals surface area contributed by atoms with E-state index in [1.165, 1.54) is 6.07 Å². The molecule has 1 heterocycles. The molecule has 0 bridgehead atoms. The molecule has 0 fully saturated rings. The third kappa shape index (κ3) is 2.09. The van der Waals surface area contributed by atoms with E-state index in [1.807, 2.05) is 24.3 Å². The molecule has 0 saturated carbocycles. The predicted octanol–water partition coefficient (Wildman–Crippen LogP) is 3.11. The second-order valence-electron chi connectivity index (χ2n) is 4.66. The Morgan fingerprint density at radius 1 is 1.20 bits per heavy atom. The van der Waals surface area contributed by atoms with Gasteiger partial charge in [-0.25, -0.2) is 0 Å². The summed E-state index contributed by atoms with van der Waals surface area (Å²) in [6, 6.07) is 12.3. The van der Waals surface area contributed by atoms with Crippen LogP contribution in [-0.2, 0) is 0 Å². The maximum atomic E-state index is 12.1. The van der Waals surface area contributed by atoms with Crippen molar-refractivity contribution in [2.45, 2.75) is 12.5 Å². The number of phenols is 1. The molecule has 2 aromatic rings. The van der Waals surface area contributed by atoms with Gasteiger partial charge < -0.3 is 14.6 Å². The second-order valence-corrected chi connectivity index (χ2v) is 4.66. The number of hydrogen-bond donors (Lipinski definition) is 1. The van der Waals surface area contributed by atoms with Crippen LogP contribution in [0.15, 0.2) is 42.5 Å². The molecule has 1 unspecified atom stereocenters. The van der Waals surface area contributed by atoms with Crippen LogP contribution in [-0.4, -0.2) is 18.0 Å². The fourth-order valence-electron chi connectivity index (χ4n) is 2.37. The number of aromatic hydroxyl groups is 1. The van der Waals surface area contributed by atoms with E-state index < -0.39 is 0 Å². The number of carbonyl (C=O) groups excluding carboxylic acids is 1. The molecular weight excluding hydrogens is 256 g/mol. The Kier molecular flexibility index (Phi) is 3.06. The summed E-state index contributed by atoms with van der Waals surface area (Å²) in [5, 5.41) is 9.73. The second kappa shape index (κ2) is 4.89. The molecule has 2 aromatic carbocycles. The van der Waals surface area contributed by atoms with Crippen LogP contribution in [0.4, 0.5) is 0 Å². The van der Waals surface area contributed by atoms with Crippen molar-refractivity contribution in [2.75, 3.05) is 7.11 Å². The molecule has 1 aliphatic rings. The lowest BCUT2D eigenvalue weighted by Gasteiger charge is -2.26. The van der Waals surface area contributed by atoms with Crippen molar-refractivity contribution in [3.8, 4) is 17.2 Å². The molecule has 0 saturated heterocycles. The van der Waals surface area contributed by atoms with Gasteiger partial charge in [0.05, 0.1) is 13.5 Å². The van der Waals surface area contributed by atoms with E-state index >= 15 is 0 Å². The van der Waals surface area contributed by atoms with Crippen molar-refractivity contribution in [1.29, 1.82) is 0 Å². The number of rotatable bonds is 2. The molecule has 1 N–H and O–H groups in total. The lowest BCUT2D eigenvalue weighted by Crippen LogP contribution is -2.20. The lowest BCUT2D eigenvalue weighted by molar-refractivity contribution is 0.0845. The molecule has 4 heteroatoms. The van der Waals surface area contributed by atoms with Gasteiger partial charge in [0.2, 0.25) is 0 Å². The van der Waals surface area contributed by atoms with Crippen molar-refractivity contribution in [3.05, 3.63) is 53.6 Å². The molecule has 3 rings (SSSR count). The van der Waals surface area contributed by atoms with Crippen molar-refractivity contribution in [2.24, 2.45) is 0 Å². The standard InChI is InChI=1S/C16H14O4/c1-19-11-7-5-10(6-8-11)15-9-13(18)16-12(17)3-2-4-14(16)20-15/h2-8,15,17H,9H2,1H3. The van der Waals surface area contributed by atoms with Crippen molar-refractivity contribution >= 4 is 5.78 Å². The van der Waals surface area contributed by atoms with Crippen molar-refractivity contribution in [1.82, 2.24) is 0 Å². The highest BCUT2D eigenvalue weighted by atomic mass is 16.5. The minimum Gasteiger partial charge on any atom is -0.507 e. The molecule has 0 spiro atoms. The summed E-state index contributed by atoms with van der Waals surface area (Å²) in [4.78, 5) is 12.1. The SMILES string of the molecule is COc1ccc(C2CC(=O)c3c(O)cccc3O2)cc1. The van der Waals surface area contributed by atoms with Gasteiger partial charge in [-0.1, -0.05) is 18.2 Å². The van der Waals surface area contributed by atoms with Gasteiger partial charge in [0.15, 0.2) is 5.78 Å². The third-order valence-corrected chi connectivity index (χ3v) is 3.41. The van der Waals surface area contributed by atoms with E-state index in [2.05, 4.69) is 0 Å². The van der Waals surface area contributed by atoms with Crippen LogP contribution < -0.4 is 9.47 Å². The number of benzene rings is 2. The highest BCUT2D eigenvalue weighted by Gasteiger charge is 2.29. The van der Waals surface area contributed by atoms with E-state index in [1.54, 1.807) is 19.2 Å². The lowest BCUT2D eigenvalue weighted by atomic mass is 9.95. The number of carbonyl (C=O) groups is 1. The van der Waals surface area contributed by atoms with Crippen LogP contribution in [0, 0.1) is 0 Å². The Labute approximate surface area is 116 Å². The number of phenolic OH excluding ortho intramolecular Hbond substituents is 1. The van der Waals surface area contributed by atoms with Crippen LogP contribution in [0.3, 0.4) is 0 Å². The van der Waals surface area contributed by atoms with Gasteiger partial charge in [-0.2, -0.15) is 0 Å². The van der Waals surface area contributed by atoms with E-state index in [0.717, 1.165) is 11.3 Å². The van der Waals surface area contributed by atoms with Gasteiger partial charge in [-0.15, -0.1) is 0 Å². The summed E-state index contributed by atoms with van der Waals surface area (Å²) in [6.45, 7) is 0. The monoisotopic (exact) mass is 270 g/mol. The van der Waals surface area contributed by atoms with Gasteiger partial charge >= 0.3 is 0 Å². The van der Waals surface area contributed by atoms with Crippen LogP contribution >= 0.6 is 0 Å². The van der Waals surface area contributed by atoms with E-state index in [0.29, 0.717) is 5.75 Å². The quantitative estimate of drug-likeness (QED) is 0.911. The number of fused-ring (bicyclic) bond motifs is 1. The smallest absolute Gasteiger partial charge is 0.174 e. The zero-order chi connectivity index (χ0) is 14.1. The molecule has 0 aliphatic carbocycles. The molecule has 0 aromatic heterocycles. The Morgan fingerprint density at radius 3 is 2.65 bits per heavy atom. The Hall–Kier alpha value is -2.49. The first-order chi connectivity index (χ1) is 9.69. The van der Waals surface area contributed by atoms with Crippen molar-refractivity contribution in [3.63, 3.8) is 0 Å². The average Bonchev–Trinajstić information content (AvgIpc) is 2.47. The van der Waals surface area contributed by atoms with Gasteiger partial charge in [-0.05, 0) is 29.8 Å². The van der Waals surface area contributed by atoms with Crippen LogP contribution in [0.5, 0.6) is 17.2 Å². The first-order valence-electron chi connectivity index (χ1n) is 6.35. The largest absolute Gasteiger partial charge is 0.507 e. The number of methoxy groups -OCH3 is 1. The zero-order valence-electron chi connectivity index (χ0n) is 11.0. The normalized spacial score (nSPS) is 17.2. The maximum Gasteiger partial charge on any atom is 0.174 e. The molecule has 20 heavy (non-hydrogen) atoms. The Balaban J connectivity index is 1.93. The molecular formula is C16H14O4. The van der Waals surface area contributed by atoms with Gasteiger partial charge in [0.1, 0.15) is 28.9 Å². The average molecular weight is 270 g/mol. The zero-order valence-corrected chi connectivity index (χ0v) is 11.0. The Bertz CT molecular complexity index is 646. The van der Waals surface area contributed by atoms with Crippen LogP contribution in [0.1, 0.15) is 28.4 Å². The fraction of sp³-hybridized carbons (Fsp3) is 0.188. The number of hydrogen-bond acceptors (Lipinski definition) is 4. The van der Waals surface area contributed by atoms with Gasteiger partial charge in [-0.3, -0.25) is 4.79 Å². The first-order valence-corrected chi connectivity index (χ1v) is 6.35. The summed E-state index contributed by atoms with van der Waals surface area (Å²) in [5.74, 6) is 1.06. The van der Waals surface area contributed by atoms with Crippen LogP contribution in [0.2, 0.25) is 0 Å². The van der Waals surface area contributed by atoms with E-state index in [9.17, 15) is 9.90 Å². The third-order valence-electron chi connectivity index (χ3n) is 3.41. The van der Waals surface area contributed by atoms with E-state index in [-0.39, 0.29) is 29.6 Å². The van der Waals surface area contributed by atoms with Gasteiger partial charge in [0.25, 0.3) is 0 Å². The first kappa shape index (κ1) is 12.5. The fourth-order valence-corrected chi connectivity index (χ4v) is 2.37. The minimum atomic E-state index is -0.331. The number of Topliss-reactive ketones (excluding diaryl/α,β-unsaturated/α-hetero) is 1. The predicted molar refractivity (Wildman–Crippen MR) is 73.4 cm³/mol. The van der Waals surface area contributed by atoms with Gasteiger partial charge in [0, 0.05) is 0 Å². The highest BCUT2D eigenvalue weighted by molar-refractivity contribution is 6.02. The minimum absolute atomic E-state index is 0.0271. The molecule has 0 amide bonds. The van der Waals surface area contributed by atoms with Crippen LogP contribution in [0.25, 0.3) is 0 Å². The summed E-state index contributed by atoms with van der Waals surface area (Å²) in [5.41, 5.74) is 1.19. The van der Waals surface area contributed by atoms with E-state index in [4.69, 9.17) is 9.47 Å². The number of ether oxygens (including phenoxy) is 2. The molecule has 1 aliphatic heterocycles. The maximum absolute atomic E-state index is 12.1. The van der Waals surface area contributed by atoms with Crippen molar-refractivity contribution < 1.29 is 19.4 Å². The molecule has 1 atom stereocenters. The summed E-state index contributed by atoms with van der Waals surface area (Å²) in [7, 11) is 1.61. The Morgan fingerprint density at radius 2 is 1.95 bits per heavy atom.